The van der Waals surface area contributed by atoms with Crippen molar-refractivity contribution in [2.75, 3.05) is 7.05 Å². The number of amides is 2. The molecule has 2 N–H and O–H groups in total. The molecule has 2 amide bonds. The van der Waals surface area contributed by atoms with Gasteiger partial charge in [-0.3, -0.25) is 4.79 Å². The molecule has 5 heteroatoms. The first-order chi connectivity index (χ1) is 6.90. The Morgan fingerprint density at radius 2 is 1.93 bits per heavy atom. The standard InChI is InChI=1S/C10H20N2O3/c1-5-6-7(2)12(4)10(15)11-8(3)9(13)14/h7-8H,5-6H2,1-4H3,(H,11,15)(H,13,14)/t7?,8-/m1/s1. The van der Waals surface area contributed by atoms with E-state index in [4.69, 9.17) is 5.11 Å². The molecule has 0 spiro atoms. The van der Waals surface area contributed by atoms with Crippen LogP contribution in [-0.2, 0) is 4.79 Å². The summed E-state index contributed by atoms with van der Waals surface area (Å²) in [6, 6.07) is -1.07. The van der Waals surface area contributed by atoms with Crippen molar-refractivity contribution in [3.05, 3.63) is 0 Å². The first-order valence-electron chi connectivity index (χ1n) is 5.16. The van der Waals surface area contributed by atoms with Crippen LogP contribution in [0, 0.1) is 0 Å². The van der Waals surface area contributed by atoms with Gasteiger partial charge in [-0.25, -0.2) is 4.79 Å². The fourth-order valence-electron chi connectivity index (χ4n) is 1.16. The van der Waals surface area contributed by atoms with Crippen molar-refractivity contribution in [2.24, 2.45) is 0 Å². The van der Waals surface area contributed by atoms with Crippen LogP contribution in [0.5, 0.6) is 0 Å². The summed E-state index contributed by atoms with van der Waals surface area (Å²) in [5.74, 6) is -1.03. The Labute approximate surface area is 90.5 Å². The molecule has 0 aliphatic heterocycles. The predicted molar refractivity (Wildman–Crippen MR) is 57.8 cm³/mol. The van der Waals surface area contributed by atoms with E-state index < -0.39 is 12.0 Å². The van der Waals surface area contributed by atoms with Crippen molar-refractivity contribution in [3.8, 4) is 0 Å². The zero-order chi connectivity index (χ0) is 12.0. The number of hydrogen-bond acceptors (Lipinski definition) is 2. The highest BCUT2D eigenvalue weighted by molar-refractivity contribution is 5.82. The number of carbonyl (C=O) groups excluding carboxylic acids is 1. The summed E-state index contributed by atoms with van der Waals surface area (Å²) in [5.41, 5.74) is 0. The van der Waals surface area contributed by atoms with Gasteiger partial charge in [0.2, 0.25) is 0 Å². The molecule has 5 nitrogen and oxygen atoms in total. The number of rotatable bonds is 5. The summed E-state index contributed by atoms with van der Waals surface area (Å²) in [6.45, 7) is 5.43. The Balaban J connectivity index is 4.14. The molecule has 0 aliphatic carbocycles. The lowest BCUT2D eigenvalue weighted by molar-refractivity contribution is -0.138. The predicted octanol–water partition coefficient (Wildman–Crippen LogP) is 1.29. The van der Waals surface area contributed by atoms with Gasteiger partial charge in [-0.05, 0) is 20.3 Å². The minimum Gasteiger partial charge on any atom is -0.480 e. The second kappa shape index (κ2) is 6.27. The molecule has 0 bridgehead atoms. The third kappa shape index (κ3) is 4.67. The Morgan fingerprint density at radius 3 is 2.33 bits per heavy atom. The van der Waals surface area contributed by atoms with Crippen LogP contribution in [0.2, 0.25) is 0 Å². The van der Waals surface area contributed by atoms with Crippen molar-refractivity contribution in [1.29, 1.82) is 0 Å². The average molecular weight is 216 g/mol. The van der Waals surface area contributed by atoms with E-state index in [1.54, 1.807) is 7.05 Å². The smallest absolute Gasteiger partial charge is 0.325 e. The largest absolute Gasteiger partial charge is 0.480 e. The average Bonchev–Trinajstić information content (AvgIpc) is 2.16. The topological polar surface area (TPSA) is 69.6 Å². The highest BCUT2D eigenvalue weighted by Crippen LogP contribution is 2.04. The number of carbonyl (C=O) groups is 2. The van der Waals surface area contributed by atoms with Gasteiger partial charge in [-0.1, -0.05) is 13.3 Å². The van der Waals surface area contributed by atoms with Crippen molar-refractivity contribution < 1.29 is 14.7 Å². The van der Waals surface area contributed by atoms with E-state index in [2.05, 4.69) is 5.32 Å². The molecule has 15 heavy (non-hydrogen) atoms. The summed E-state index contributed by atoms with van der Waals surface area (Å²) in [6.07, 6.45) is 1.90. The molecule has 0 fully saturated rings. The number of urea groups is 1. The molecule has 0 aromatic carbocycles. The van der Waals surface area contributed by atoms with Gasteiger partial charge in [0.15, 0.2) is 0 Å². The second-order valence-corrected chi connectivity index (χ2v) is 3.76. The molecule has 0 aromatic rings. The molecule has 0 heterocycles. The number of hydrogen-bond donors (Lipinski definition) is 2. The first-order valence-corrected chi connectivity index (χ1v) is 5.16. The molecule has 0 rings (SSSR count). The molecule has 0 radical (unpaired) electrons. The van der Waals surface area contributed by atoms with Crippen LogP contribution in [0.15, 0.2) is 0 Å². The quantitative estimate of drug-likeness (QED) is 0.727. The van der Waals surface area contributed by atoms with Gasteiger partial charge in [0.1, 0.15) is 6.04 Å². The number of aliphatic carboxylic acids is 1. The summed E-state index contributed by atoms with van der Waals surface area (Å²) >= 11 is 0. The summed E-state index contributed by atoms with van der Waals surface area (Å²) in [7, 11) is 1.67. The maximum atomic E-state index is 11.5. The zero-order valence-electron chi connectivity index (χ0n) is 9.78. The maximum absolute atomic E-state index is 11.5. The van der Waals surface area contributed by atoms with Gasteiger partial charge in [0, 0.05) is 13.1 Å². The van der Waals surface area contributed by atoms with E-state index in [0.717, 1.165) is 12.8 Å². The van der Waals surface area contributed by atoms with Gasteiger partial charge in [0.05, 0.1) is 0 Å². The molecule has 0 aliphatic rings. The number of nitrogens with one attached hydrogen (secondary N) is 1. The molecule has 0 saturated carbocycles. The second-order valence-electron chi connectivity index (χ2n) is 3.76. The normalized spacial score (nSPS) is 14.1. The summed E-state index contributed by atoms with van der Waals surface area (Å²) < 4.78 is 0. The summed E-state index contributed by atoms with van der Waals surface area (Å²) in [5, 5.41) is 11.0. The lowest BCUT2D eigenvalue weighted by atomic mass is 10.2. The minimum atomic E-state index is -1.03. The Bertz CT molecular complexity index is 231. The number of nitrogens with zero attached hydrogens (tertiary/aromatic N) is 1. The van der Waals surface area contributed by atoms with E-state index in [0.29, 0.717) is 0 Å². The maximum Gasteiger partial charge on any atom is 0.325 e. The number of carboxylic acids is 1. The monoisotopic (exact) mass is 216 g/mol. The van der Waals surface area contributed by atoms with Crippen LogP contribution in [0.3, 0.4) is 0 Å². The Hall–Kier alpha value is -1.26. The third-order valence-electron chi connectivity index (χ3n) is 2.40. The van der Waals surface area contributed by atoms with Crippen molar-refractivity contribution in [1.82, 2.24) is 10.2 Å². The van der Waals surface area contributed by atoms with E-state index >= 15 is 0 Å². The van der Waals surface area contributed by atoms with Crippen LogP contribution >= 0.6 is 0 Å². The van der Waals surface area contributed by atoms with E-state index in [1.807, 2.05) is 13.8 Å². The van der Waals surface area contributed by atoms with Crippen LogP contribution < -0.4 is 5.32 Å². The summed E-state index contributed by atoms with van der Waals surface area (Å²) in [4.78, 5) is 23.6. The first kappa shape index (κ1) is 13.7. The van der Waals surface area contributed by atoms with Gasteiger partial charge < -0.3 is 15.3 Å². The van der Waals surface area contributed by atoms with Crippen LogP contribution in [0.25, 0.3) is 0 Å². The fraction of sp³-hybridized carbons (Fsp3) is 0.800. The highest BCUT2D eigenvalue weighted by atomic mass is 16.4. The highest BCUT2D eigenvalue weighted by Gasteiger charge is 2.19. The van der Waals surface area contributed by atoms with Gasteiger partial charge in [-0.2, -0.15) is 0 Å². The van der Waals surface area contributed by atoms with Crippen molar-refractivity contribution in [2.45, 2.75) is 45.7 Å². The minimum absolute atomic E-state index is 0.121. The van der Waals surface area contributed by atoms with Crippen LogP contribution in [0.4, 0.5) is 4.79 Å². The Morgan fingerprint density at radius 1 is 1.40 bits per heavy atom. The van der Waals surface area contributed by atoms with Crippen molar-refractivity contribution >= 4 is 12.0 Å². The van der Waals surface area contributed by atoms with Crippen LogP contribution in [-0.4, -0.2) is 41.1 Å². The molecular weight excluding hydrogens is 196 g/mol. The lowest BCUT2D eigenvalue weighted by Gasteiger charge is -2.25. The Kier molecular flexibility index (Phi) is 5.74. The molecule has 0 saturated heterocycles. The van der Waals surface area contributed by atoms with Gasteiger partial charge in [-0.15, -0.1) is 0 Å². The zero-order valence-corrected chi connectivity index (χ0v) is 9.78. The SMILES string of the molecule is CCCC(C)N(C)C(=O)N[C@H](C)C(=O)O. The molecule has 88 valence electrons. The third-order valence-corrected chi connectivity index (χ3v) is 2.40. The van der Waals surface area contributed by atoms with Gasteiger partial charge in [0.25, 0.3) is 0 Å². The molecule has 0 aromatic heterocycles. The van der Waals surface area contributed by atoms with E-state index in [9.17, 15) is 9.59 Å². The fourth-order valence-corrected chi connectivity index (χ4v) is 1.16. The van der Waals surface area contributed by atoms with Crippen molar-refractivity contribution in [3.63, 3.8) is 0 Å². The van der Waals surface area contributed by atoms with Crippen LogP contribution in [0.1, 0.15) is 33.6 Å². The number of carboxylic acid groups (broad SMARTS) is 1. The lowest BCUT2D eigenvalue weighted by Crippen LogP contribution is -2.47. The molecule has 2 atom stereocenters. The molecule has 1 unspecified atom stereocenters. The van der Waals surface area contributed by atoms with E-state index in [1.165, 1.54) is 11.8 Å². The van der Waals surface area contributed by atoms with E-state index in [-0.39, 0.29) is 12.1 Å². The molecular formula is C10H20N2O3. The van der Waals surface area contributed by atoms with Gasteiger partial charge >= 0.3 is 12.0 Å².